The molecule has 10 nitrogen and oxygen atoms in total. The molecular formula is C26H29N3O7S. The Kier molecular flexibility index (Phi) is 9.67. The Morgan fingerprint density at radius 3 is 2.22 bits per heavy atom. The lowest BCUT2D eigenvalue weighted by Gasteiger charge is -2.30. The van der Waals surface area contributed by atoms with Gasteiger partial charge in [0.15, 0.2) is 0 Å². The molecule has 0 spiro atoms. The number of para-hydroxylation sites is 1. The zero-order valence-electron chi connectivity index (χ0n) is 20.5. The number of amides is 3. The number of carboxylic acids is 1. The van der Waals surface area contributed by atoms with E-state index in [0.29, 0.717) is 11.3 Å². The fourth-order valence-electron chi connectivity index (χ4n) is 3.80. The summed E-state index contributed by atoms with van der Waals surface area (Å²) in [6, 6.07) is 13.9. The number of hydrogen-bond acceptors (Lipinski definition) is 7. The van der Waals surface area contributed by atoms with Crippen LogP contribution in [0, 0.1) is 5.92 Å². The van der Waals surface area contributed by atoms with Crippen LogP contribution in [0.15, 0.2) is 60.7 Å². The maximum absolute atomic E-state index is 13.4. The number of nitrogens with one attached hydrogen (secondary N) is 2. The van der Waals surface area contributed by atoms with Crippen molar-refractivity contribution in [3.8, 4) is 5.75 Å². The standard InChI is InChI=1S/C26H29N3O7S/c1-16(2)21(28-26(35)36-18-11-7-4-8-12-18)24(32)29-15-37-14-20(29)23(31)27-19(22(30)25(33)34)13-17-9-5-3-6-10-17/h3-12,16,19-21H,13-15H2,1-2H3,(H,27,31)(H,28,35)(H,33,34)/t19-,20-,21-/m0/s1. The average Bonchev–Trinajstić information content (AvgIpc) is 3.37. The van der Waals surface area contributed by atoms with E-state index >= 15 is 0 Å². The number of carboxylic acid groups (broad SMARTS) is 1. The van der Waals surface area contributed by atoms with Crippen molar-refractivity contribution in [1.29, 1.82) is 0 Å². The average molecular weight is 528 g/mol. The summed E-state index contributed by atoms with van der Waals surface area (Å²) in [6.07, 6.45) is -0.811. The first-order valence-electron chi connectivity index (χ1n) is 11.7. The predicted molar refractivity (Wildman–Crippen MR) is 137 cm³/mol. The number of nitrogens with zero attached hydrogens (tertiary/aromatic N) is 1. The molecule has 2 aromatic carbocycles. The van der Waals surface area contributed by atoms with Gasteiger partial charge in [0, 0.05) is 12.2 Å². The first-order chi connectivity index (χ1) is 17.7. The second-order valence-electron chi connectivity index (χ2n) is 8.81. The minimum atomic E-state index is -1.66. The van der Waals surface area contributed by atoms with Crippen molar-refractivity contribution in [2.75, 3.05) is 11.6 Å². The molecule has 0 bridgehead atoms. The largest absolute Gasteiger partial charge is 0.475 e. The second kappa shape index (κ2) is 12.9. The second-order valence-corrected chi connectivity index (χ2v) is 9.81. The van der Waals surface area contributed by atoms with Crippen molar-refractivity contribution in [2.24, 2.45) is 5.92 Å². The number of carbonyl (C=O) groups excluding carboxylic acids is 4. The molecule has 37 heavy (non-hydrogen) atoms. The van der Waals surface area contributed by atoms with Crippen molar-refractivity contribution in [2.45, 2.75) is 38.4 Å². The molecule has 3 amide bonds. The van der Waals surface area contributed by atoms with Crippen molar-refractivity contribution in [1.82, 2.24) is 15.5 Å². The lowest BCUT2D eigenvalue weighted by molar-refractivity contribution is -0.150. The molecule has 2 aromatic rings. The lowest BCUT2D eigenvalue weighted by Crippen LogP contribution is -2.58. The third kappa shape index (κ3) is 7.56. The van der Waals surface area contributed by atoms with Crippen LogP contribution in [-0.4, -0.2) is 69.4 Å². The number of carbonyl (C=O) groups is 5. The number of rotatable bonds is 10. The topological polar surface area (TPSA) is 142 Å². The molecule has 1 aliphatic rings. The van der Waals surface area contributed by atoms with Crippen LogP contribution in [0.4, 0.5) is 4.79 Å². The van der Waals surface area contributed by atoms with Crippen LogP contribution < -0.4 is 15.4 Å². The quantitative estimate of drug-likeness (QED) is 0.399. The van der Waals surface area contributed by atoms with Crippen LogP contribution in [0.1, 0.15) is 19.4 Å². The zero-order valence-corrected chi connectivity index (χ0v) is 21.3. The number of benzene rings is 2. The lowest BCUT2D eigenvalue weighted by atomic mass is 10.0. The SMILES string of the molecule is CC(C)[C@H](NC(=O)Oc1ccccc1)C(=O)N1CSC[C@H]1C(=O)N[C@@H](Cc1ccccc1)C(=O)C(=O)O. The van der Waals surface area contributed by atoms with Gasteiger partial charge in [-0.1, -0.05) is 62.4 Å². The fourth-order valence-corrected chi connectivity index (χ4v) is 4.96. The third-order valence-corrected chi connectivity index (χ3v) is 6.77. The van der Waals surface area contributed by atoms with E-state index in [1.165, 1.54) is 16.7 Å². The Bertz CT molecular complexity index is 1130. The van der Waals surface area contributed by atoms with E-state index in [2.05, 4.69) is 10.6 Å². The van der Waals surface area contributed by atoms with Gasteiger partial charge in [0.25, 0.3) is 5.78 Å². The highest BCUT2D eigenvalue weighted by molar-refractivity contribution is 7.99. The predicted octanol–water partition coefficient (Wildman–Crippen LogP) is 2.08. The highest BCUT2D eigenvalue weighted by atomic mass is 32.2. The van der Waals surface area contributed by atoms with Gasteiger partial charge in [-0.05, 0) is 23.6 Å². The molecule has 0 unspecified atom stereocenters. The van der Waals surface area contributed by atoms with Crippen LogP contribution in [0.25, 0.3) is 0 Å². The molecule has 196 valence electrons. The molecule has 0 aliphatic carbocycles. The Labute approximate surface area is 218 Å². The first kappa shape index (κ1) is 27.7. The molecule has 3 rings (SSSR count). The Morgan fingerprint density at radius 1 is 1.00 bits per heavy atom. The van der Waals surface area contributed by atoms with Gasteiger partial charge < -0.3 is 25.4 Å². The maximum Gasteiger partial charge on any atom is 0.413 e. The Morgan fingerprint density at radius 2 is 1.62 bits per heavy atom. The van der Waals surface area contributed by atoms with Crippen molar-refractivity contribution < 1.29 is 33.8 Å². The van der Waals surface area contributed by atoms with Crippen molar-refractivity contribution in [3.63, 3.8) is 0 Å². The zero-order chi connectivity index (χ0) is 26.9. The van der Waals surface area contributed by atoms with E-state index < -0.39 is 47.8 Å². The molecule has 1 heterocycles. The number of ether oxygens (including phenoxy) is 1. The summed E-state index contributed by atoms with van der Waals surface area (Å²) in [6.45, 7) is 3.51. The van der Waals surface area contributed by atoms with Gasteiger partial charge in [-0.2, -0.15) is 0 Å². The normalized spacial score (nSPS) is 16.5. The molecule has 3 N–H and O–H groups in total. The number of hydrogen-bond donors (Lipinski definition) is 3. The van der Waals surface area contributed by atoms with Gasteiger partial charge >= 0.3 is 12.1 Å². The Balaban J connectivity index is 1.70. The summed E-state index contributed by atoms with van der Waals surface area (Å²) in [5.41, 5.74) is 0.678. The number of Topliss-reactive ketones (excluding diaryl/α,β-unsaturated/α-hetero) is 1. The molecule has 0 saturated carbocycles. The molecular weight excluding hydrogens is 498 g/mol. The van der Waals surface area contributed by atoms with Crippen molar-refractivity contribution >= 4 is 41.4 Å². The number of aliphatic carboxylic acids is 1. The van der Waals surface area contributed by atoms with E-state index in [0.717, 1.165) is 0 Å². The third-order valence-electron chi connectivity index (χ3n) is 5.75. The van der Waals surface area contributed by atoms with Crippen LogP contribution in [0.5, 0.6) is 5.75 Å². The molecule has 1 aliphatic heterocycles. The minimum Gasteiger partial charge on any atom is -0.475 e. The number of ketones is 1. The van der Waals surface area contributed by atoms with Crippen LogP contribution in [0.2, 0.25) is 0 Å². The van der Waals surface area contributed by atoms with Gasteiger partial charge in [0.05, 0.1) is 5.88 Å². The van der Waals surface area contributed by atoms with Crippen LogP contribution in [0.3, 0.4) is 0 Å². The fraction of sp³-hybridized carbons (Fsp3) is 0.346. The van der Waals surface area contributed by atoms with E-state index in [-0.39, 0.29) is 24.0 Å². The highest BCUT2D eigenvalue weighted by Gasteiger charge is 2.40. The molecule has 3 atom stereocenters. The molecule has 0 radical (unpaired) electrons. The summed E-state index contributed by atoms with van der Waals surface area (Å²) in [4.78, 5) is 64.1. The summed E-state index contributed by atoms with van der Waals surface area (Å²) in [5, 5.41) is 14.4. The van der Waals surface area contributed by atoms with Gasteiger partial charge in [-0.15, -0.1) is 11.8 Å². The molecule has 0 aromatic heterocycles. The van der Waals surface area contributed by atoms with Crippen molar-refractivity contribution in [3.05, 3.63) is 66.2 Å². The monoisotopic (exact) mass is 527 g/mol. The number of thioether (sulfide) groups is 1. The van der Waals surface area contributed by atoms with Gasteiger partial charge in [-0.25, -0.2) is 9.59 Å². The summed E-state index contributed by atoms with van der Waals surface area (Å²) < 4.78 is 5.24. The van der Waals surface area contributed by atoms with Crippen LogP contribution >= 0.6 is 11.8 Å². The van der Waals surface area contributed by atoms with E-state index in [1.807, 2.05) is 0 Å². The first-order valence-corrected chi connectivity index (χ1v) is 12.9. The van der Waals surface area contributed by atoms with Gasteiger partial charge in [-0.3, -0.25) is 14.4 Å². The minimum absolute atomic E-state index is 0.00692. The van der Waals surface area contributed by atoms with Gasteiger partial charge in [0.1, 0.15) is 23.9 Å². The molecule has 1 saturated heterocycles. The van der Waals surface area contributed by atoms with E-state index in [4.69, 9.17) is 4.74 Å². The summed E-state index contributed by atoms with van der Waals surface area (Å²) in [7, 11) is 0. The summed E-state index contributed by atoms with van der Waals surface area (Å²) >= 11 is 1.34. The molecule has 1 fully saturated rings. The Hall–Kier alpha value is -3.86. The maximum atomic E-state index is 13.4. The highest BCUT2D eigenvalue weighted by Crippen LogP contribution is 2.24. The summed E-state index contributed by atoms with van der Waals surface area (Å²) in [5.74, 6) is -3.46. The smallest absolute Gasteiger partial charge is 0.413 e. The van der Waals surface area contributed by atoms with Gasteiger partial charge in [0.2, 0.25) is 11.8 Å². The molecule has 11 heteroatoms. The van der Waals surface area contributed by atoms with Crippen LogP contribution in [-0.2, 0) is 25.6 Å². The van der Waals surface area contributed by atoms with E-state index in [9.17, 15) is 29.1 Å². The van der Waals surface area contributed by atoms with E-state index in [1.54, 1.807) is 74.5 Å².